The number of anilines is 1. The molecule has 0 saturated carbocycles. The maximum atomic E-state index is 12.8. The topological polar surface area (TPSA) is 53.6 Å². The van der Waals surface area contributed by atoms with Crippen molar-refractivity contribution < 1.29 is 22.7 Å². The molecule has 0 bridgehead atoms. The number of nitrogens with one attached hydrogen (secondary N) is 2. The Hall–Kier alpha value is -2.00. The van der Waals surface area contributed by atoms with Crippen LogP contribution in [0.1, 0.15) is 11.1 Å². The predicted molar refractivity (Wildman–Crippen MR) is 110 cm³/mol. The summed E-state index contributed by atoms with van der Waals surface area (Å²) in [7, 11) is 0. The summed E-state index contributed by atoms with van der Waals surface area (Å²) < 4.78 is 44.0. The fraction of sp³-hybridized carbons (Fsp3) is 0.350. The lowest BCUT2D eigenvalue weighted by Gasteiger charge is -2.33. The van der Waals surface area contributed by atoms with Crippen LogP contribution in [0.15, 0.2) is 42.5 Å². The van der Waals surface area contributed by atoms with Crippen molar-refractivity contribution in [2.24, 2.45) is 0 Å². The van der Waals surface area contributed by atoms with Crippen LogP contribution < -0.4 is 10.6 Å². The van der Waals surface area contributed by atoms with Crippen LogP contribution in [0.2, 0.25) is 10.0 Å². The molecular weight excluding hydrogens is 442 g/mol. The summed E-state index contributed by atoms with van der Waals surface area (Å²) in [4.78, 5) is 14.2. The van der Waals surface area contributed by atoms with Gasteiger partial charge in [-0.1, -0.05) is 35.3 Å². The van der Waals surface area contributed by atoms with Crippen molar-refractivity contribution in [1.29, 1.82) is 0 Å². The van der Waals surface area contributed by atoms with E-state index < -0.39 is 17.8 Å². The molecule has 0 radical (unpaired) electrons. The Labute approximate surface area is 182 Å². The van der Waals surface area contributed by atoms with Gasteiger partial charge in [-0.3, -0.25) is 4.90 Å². The largest absolute Gasteiger partial charge is 0.416 e. The van der Waals surface area contributed by atoms with Crippen molar-refractivity contribution in [3.8, 4) is 0 Å². The van der Waals surface area contributed by atoms with Gasteiger partial charge in [0.2, 0.25) is 0 Å². The maximum absolute atomic E-state index is 12.8. The molecule has 2 aromatic rings. The van der Waals surface area contributed by atoms with E-state index >= 15 is 0 Å². The predicted octanol–water partition coefficient (Wildman–Crippen LogP) is 5.03. The van der Waals surface area contributed by atoms with E-state index in [1.165, 1.54) is 12.1 Å². The van der Waals surface area contributed by atoms with Gasteiger partial charge in [-0.2, -0.15) is 13.2 Å². The van der Waals surface area contributed by atoms with E-state index in [-0.39, 0.29) is 18.3 Å². The maximum Gasteiger partial charge on any atom is 0.416 e. The number of hydrogen-bond acceptors (Lipinski definition) is 3. The minimum atomic E-state index is -4.47. The minimum absolute atomic E-state index is 0.0631. The summed E-state index contributed by atoms with van der Waals surface area (Å²) in [5.74, 6) is 0. The standard InChI is InChI=1S/C20H20Cl2F3N3O2/c21-17-5-4-13(8-18(17)22)11-28-6-7-30-16(12-28)10-26-19(29)27-15-3-1-2-14(9-15)20(23,24)25/h1-5,8-9,16H,6-7,10-12H2,(H2,26,27,29). The van der Waals surface area contributed by atoms with E-state index in [4.69, 9.17) is 27.9 Å². The van der Waals surface area contributed by atoms with Crippen molar-refractivity contribution in [3.63, 3.8) is 0 Å². The van der Waals surface area contributed by atoms with Crippen LogP contribution in [0.5, 0.6) is 0 Å². The van der Waals surface area contributed by atoms with Crippen molar-refractivity contribution in [2.45, 2.75) is 18.8 Å². The zero-order chi connectivity index (χ0) is 21.7. The molecule has 0 spiro atoms. The van der Waals surface area contributed by atoms with Crippen LogP contribution in [0.4, 0.5) is 23.7 Å². The van der Waals surface area contributed by atoms with Crippen LogP contribution in [-0.2, 0) is 17.5 Å². The van der Waals surface area contributed by atoms with Crippen LogP contribution >= 0.6 is 23.2 Å². The molecule has 5 nitrogen and oxygen atoms in total. The van der Waals surface area contributed by atoms with E-state index in [1.807, 2.05) is 12.1 Å². The highest BCUT2D eigenvalue weighted by Gasteiger charge is 2.30. The molecule has 1 saturated heterocycles. The van der Waals surface area contributed by atoms with E-state index in [1.54, 1.807) is 6.07 Å². The van der Waals surface area contributed by atoms with Crippen molar-refractivity contribution in [1.82, 2.24) is 10.2 Å². The fourth-order valence-corrected chi connectivity index (χ4v) is 3.42. The molecule has 1 aliphatic heterocycles. The molecule has 0 aromatic heterocycles. The van der Waals surface area contributed by atoms with Gasteiger partial charge in [-0.15, -0.1) is 0 Å². The molecule has 1 aliphatic rings. The fourth-order valence-electron chi connectivity index (χ4n) is 3.10. The highest BCUT2D eigenvalue weighted by atomic mass is 35.5. The van der Waals surface area contributed by atoms with E-state index in [0.717, 1.165) is 24.2 Å². The quantitative estimate of drug-likeness (QED) is 0.655. The van der Waals surface area contributed by atoms with Crippen molar-refractivity contribution in [3.05, 3.63) is 63.6 Å². The second-order valence-electron chi connectivity index (χ2n) is 6.89. The molecule has 10 heteroatoms. The molecule has 1 atom stereocenters. The first-order valence-electron chi connectivity index (χ1n) is 9.21. The molecule has 1 unspecified atom stereocenters. The average molecular weight is 462 g/mol. The zero-order valence-electron chi connectivity index (χ0n) is 15.8. The Bertz CT molecular complexity index is 896. The SMILES string of the molecule is O=C(NCC1CN(Cc2ccc(Cl)c(Cl)c2)CCO1)Nc1cccc(C(F)(F)F)c1. The van der Waals surface area contributed by atoms with Gasteiger partial charge < -0.3 is 15.4 Å². The molecule has 0 aliphatic carbocycles. The van der Waals surface area contributed by atoms with Gasteiger partial charge in [0.1, 0.15) is 0 Å². The lowest BCUT2D eigenvalue weighted by atomic mass is 10.2. The number of nitrogens with zero attached hydrogens (tertiary/aromatic N) is 1. The number of urea groups is 1. The number of carbonyl (C=O) groups is 1. The first-order valence-corrected chi connectivity index (χ1v) is 9.96. The monoisotopic (exact) mass is 461 g/mol. The minimum Gasteiger partial charge on any atom is -0.374 e. The first-order chi connectivity index (χ1) is 14.2. The molecule has 2 aromatic carbocycles. The van der Waals surface area contributed by atoms with Gasteiger partial charge in [0, 0.05) is 31.9 Å². The van der Waals surface area contributed by atoms with Crippen molar-refractivity contribution in [2.75, 3.05) is 31.6 Å². The summed E-state index contributed by atoms with van der Waals surface area (Å²) in [5, 5.41) is 6.04. The van der Waals surface area contributed by atoms with Gasteiger partial charge in [0.05, 0.1) is 28.3 Å². The van der Waals surface area contributed by atoms with Gasteiger partial charge in [-0.05, 0) is 35.9 Å². The molecule has 162 valence electrons. The first kappa shape index (κ1) is 22.7. The molecule has 1 heterocycles. The lowest BCUT2D eigenvalue weighted by molar-refractivity contribution is -0.137. The number of morpholine rings is 1. The van der Waals surface area contributed by atoms with Crippen molar-refractivity contribution >= 4 is 34.9 Å². The molecule has 2 N–H and O–H groups in total. The summed E-state index contributed by atoms with van der Waals surface area (Å²) in [6, 6.07) is 9.33. The number of carbonyl (C=O) groups excluding carboxylic acids is 1. The third-order valence-electron chi connectivity index (χ3n) is 4.55. The number of hydrogen-bond donors (Lipinski definition) is 2. The summed E-state index contributed by atoms with van der Waals surface area (Å²) in [5.41, 5.74) is 0.252. The van der Waals surface area contributed by atoms with Crippen LogP contribution in [0.3, 0.4) is 0 Å². The zero-order valence-corrected chi connectivity index (χ0v) is 17.3. The Kier molecular flexibility index (Phi) is 7.46. The second-order valence-corrected chi connectivity index (χ2v) is 7.70. The molecule has 30 heavy (non-hydrogen) atoms. The molecule has 3 rings (SSSR count). The Morgan fingerprint density at radius 2 is 1.97 bits per heavy atom. The number of alkyl halides is 3. The van der Waals surface area contributed by atoms with E-state index in [9.17, 15) is 18.0 Å². The van der Waals surface area contributed by atoms with Crippen LogP contribution in [0.25, 0.3) is 0 Å². The molecule has 2 amide bonds. The number of benzene rings is 2. The van der Waals surface area contributed by atoms with Gasteiger partial charge in [-0.25, -0.2) is 4.79 Å². The van der Waals surface area contributed by atoms with Crippen LogP contribution in [0, 0.1) is 0 Å². The summed E-state index contributed by atoms with van der Waals surface area (Å²) in [6.07, 6.45) is -4.71. The number of rotatable bonds is 5. The Morgan fingerprint density at radius 3 is 2.70 bits per heavy atom. The Morgan fingerprint density at radius 1 is 1.17 bits per heavy atom. The van der Waals surface area contributed by atoms with E-state index in [0.29, 0.717) is 29.7 Å². The number of amides is 2. The van der Waals surface area contributed by atoms with Gasteiger partial charge >= 0.3 is 12.2 Å². The third-order valence-corrected chi connectivity index (χ3v) is 5.29. The highest BCUT2D eigenvalue weighted by Crippen LogP contribution is 2.30. The average Bonchev–Trinajstić information content (AvgIpc) is 2.69. The van der Waals surface area contributed by atoms with Gasteiger partial charge in [0.15, 0.2) is 0 Å². The Balaban J connectivity index is 1.48. The van der Waals surface area contributed by atoms with Gasteiger partial charge in [0.25, 0.3) is 0 Å². The second kappa shape index (κ2) is 9.87. The normalized spacial score (nSPS) is 17.6. The van der Waals surface area contributed by atoms with Crippen LogP contribution in [-0.4, -0.2) is 43.3 Å². The summed E-state index contributed by atoms with van der Waals surface area (Å²) in [6.45, 7) is 2.70. The molecular formula is C20H20Cl2F3N3O2. The smallest absolute Gasteiger partial charge is 0.374 e. The number of halogens is 5. The molecule has 1 fully saturated rings. The summed E-state index contributed by atoms with van der Waals surface area (Å²) >= 11 is 12.0. The van der Waals surface area contributed by atoms with E-state index in [2.05, 4.69) is 15.5 Å². The highest BCUT2D eigenvalue weighted by molar-refractivity contribution is 6.42. The lowest BCUT2D eigenvalue weighted by Crippen LogP contribution is -2.47. The third kappa shape index (κ3) is 6.50. The number of ether oxygens (including phenoxy) is 1.